The molecular formula is C25H33N5O4. The standard InChI is InChI=1S/C25H33N5O4/c1-18(6-8-21-9-7-19-4-3-12-27-25(19)28-21)10-13-30(17-31)16-23(32)29-22(14-24(33)34)20-5-2-11-26-15-20/h2,5,7,9,11,15,17-18,22H,3-4,6,8,10,12-14,16H2,1H3,(H,27,28)(H,29,32)(H,33,34)/t18?,22-/m0/s1. The van der Waals surface area contributed by atoms with E-state index in [1.807, 2.05) is 0 Å². The van der Waals surface area contributed by atoms with E-state index in [-0.39, 0.29) is 13.0 Å². The highest BCUT2D eigenvalue weighted by atomic mass is 16.4. The van der Waals surface area contributed by atoms with Crippen molar-refractivity contribution in [3.63, 3.8) is 0 Å². The first-order chi connectivity index (χ1) is 16.4. The van der Waals surface area contributed by atoms with E-state index in [1.165, 1.54) is 16.7 Å². The predicted octanol–water partition coefficient (Wildman–Crippen LogP) is 2.58. The van der Waals surface area contributed by atoms with Gasteiger partial charge in [0.05, 0.1) is 19.0 Å². The molecule has 1 aliphatic heterocycles. The number of aromatic nitrogens is 2. The summed E-state index contributed by atoms with van der Waals surface area (Å²) in [6.07, 6.45) is 8.28. The lowest BCUT2D eigenvalue weighted by molar-refractivity contribution is -0.138. The molecule has 182 valence electrons. The third kappa shape index (κ3) is 7.83. The maximum atomic E-state index is 12.5. The van der Waals surface area contributed by atoms with Crippen molar-refractivity contribution in [1.29, 1.82) is 0 Å². The molecule has 3 N–H and O–H groups in total. The highest BCUT2D eigenvalue weighted by molar-refractivity contribution is 5.81. The Morgan fingerprint density at radius 1 is 1.29 bits per heavy atom. The summed E-state index contributed by atoms with van der Waals surface area (Å²) in [4.78, 5) is 45.4. The van der Waals surface area contributed by atoms with Crippen LogP contribution in [0.25, 0.3) is 0 Å². The van der Waals surface area contributed by atoms with Gasteiger partial charge in [-0.25, -0.2) is 4.98 Å². The fourth-order valence-electron chi connectivity index (χ4n) is 4.04. The molecule has 0 radical (unpaired) electrons. The molecule has 0 spiro atoms. The number of fused-ring (bicyclic) bond motifs is 1. The first-order valence-corrected chi connectivity index (χ1v) is 11.8. The van der Waals surface area contributed by atoms with Crippen LogP contribution in [0.2, 0.25) is 0 Å². The molecule has 1 unspecified atom stereocenters. The zero-order chi connectivity index (χ0) is 24.3. The van der Waals surface area contributed by atoms with Crippen LogP contribution in [-0.4, -0.2) is 57.9 Å². The van der Waals surface area contributed by atoms with Crippen LogP contribution in [0.5, 0.6) is 0 Å². The van der Waals surface area contributed by atoms with Crippen molar-refractivity contribution in [1.82, 2.24) is 20.2 Å². The Morgan fingerprint density at radius 3 is 2.88 bits per heavy atom. The van der Waals surface area contributed by atoms with Crippen LogP contribution in [0.3, 0.4) is 0 Å². The van der Waals surface area contributed by atoms with Gasteiger partial charge in [-0.05, 0) is 61.3 Å². The Bertz CT molecular complexity index is 969. The van der Waals surface area contributed by atoms with E-state index in [0.29, 0.717) is 24.4 Å². The Hall–Kier alpha value is -3.49. The molecule has 3 rings (SSSR count). The molecule has 0 fully saturated rings. The Labute approximate surface area is 200 Å². The molecule has 34 heavy (non-hydrogen) atoms. The van der Waals surface area contributed by atoms with E-state index in [1.54, 1.807) is 18.3 Å². The number of rotatable bonds is 13. The van der Waals surface area contributed by atoms with Gasteiger partial charge in [-0.15, -0.1) is 0 Å². The van der Waals surface area contributed by atoms with Gasteiger partial charge in [0.2, 0.25) is 12.3 Å². The highest BCUT2D eigenvalue weighted by Gasteiger charge is 2.20. The van der Waals surface area contributed by atoms with Crippen LogP contribution in [0.15, 0.2) is 36.7 Å². The molecule has 0 bridgehead atoms. The summed E-state index contributed by atoms with van der Waals surface area (Å²) in [6, 6.07) is 6.95. The quantitative estimate of drug-likeness (QED) is 0.387. The van der Waals surface area contributed by atoms with Crippen molar-refractivity contribution in [3.8, 4) is 0 Å². The van der Waals surface area contributed by atoms with Crippen LogP contribution >= 0.6 is 0 Å². The summed E-state index contributed by atoms with van der Waals surface area (Å²) < 4.78 is 0. The van der Waals surface area contributed by atoms with E-state index in [0.717, 1.165) is 50.2 Å². The van der Waals surface area contributed by atoms with Crippen LogP contribution in [0, 0.1) is 5.92 Å². The number of carboxylic acids is 1. The van der Waals surface area contributed by atoms with Gasteiger partial charge < -0.3 is 20.6 Å². The Kier molecular flexibility index (Phi) is 9.37. The Balaban J connectivity index is 1.44. The maximum absolute atomic E-state index is 12.5. The SMILES string of the molecule is CC(CCc1ccc2c(n1)NCCC2)CCN(C=O)CC(=O)N[C@@H](CC(=O)O)c1cccnc1. The number of nitrogens with one attached hydrogen (secondary N) is 2. The average Bonchev–Trinajstić information content (AvgIpc) is 2.85. The first-order valence-electron chi connectivity index (χ1n) is 11.8. The van der Waals surface area contributed by atoms with Gasteiger partial charge in [0.1, 0.15) is 5.82 Å². The van der Waals surface area contributed by atoms with E-state index in [2.05, 4.69) is 34.7 Å². The molecule has 0 saturated heterocycles. The molecule has 9 heteroatoms. The van der Waals surface area contributed by atoms with Crippen molar-refractivity contribution in [2.24, 2.45) is 5.92 Å². The van der Waals surface area contributed by atoms with E-state index in [4.69, 9.17) is 4.98 Å². The number of carbonyl (C=O) groups is 3. The molecule has 0 saturated carbocycles. The summed E-state index contributed by atoms with van der Waals surface area (Å²) >= 11 is 0. The fourth-order valence-corrected chi connectivity index (χ4v) is 4.04. The predicted molar refractivity (Wildman–Crippen MR) is 128 cm³/mol. The van der Waals surface area contributed by atoms with Gasteiger partial charge in [-0.1, -0.05) is 19.1 Å². The summed E-state index contributed by atoms with van der Waals surface area (Å²) in [6.45, 7) is 3.43. The third-order valence-electron chi connectivity index (χ3n) is 6.05. The Morgan fingerprint density at radius 2 is 2.15 bits per heavy atom. The first kappa shape index (κ1) is 25.1. The van der Waals surface area contributed by atoms with E-state index >= 15 is 0 Å². The summed E-state index contributed by atoms with van der Waals surface area (Å²) in [5.41, 5.74) is 2.94. The molecule has 0 aliphatic carbocycles. The third-order valence-corrected chi connectivity index (χ3v) is 6.05. The van der Waals surface area contributed by atoms with Crippen molar-refractivity contribution in [3.05, 3.63) is 53.5 Å². The lowest BCUT2D eigenvalue weighted by Gasteiger charge is -2.22. The molecule has 2 aromatic heterocycles. The normalized spacial score (nSPS) is 14.3. The number of nitrogens with zero attached hydrogens (tertiary/aromatic N) is 3. The number of amides is 2. The number of aliphatic carboxylic acids is 1. The second-order valence-corrected chi connectivity index (χ2v) is 8.85. The summed E-state index contributed by atoms with van der Waals surface area (Å²) in [5.74, 6) is -0.0754. The van der Waals surface area contributed by atoms with Gasteiger partial charge in [0.25, 0.3) is 0 Å². The van der Waals surface area contributed by atoms with Gasteiger partial charge >= 0.3 is 5.97 Å². The number of pyridine rings is 2. The highest BCUT2D eigenvalue weighted by Crippen LogP contribution is 2.21. The summed E-state index contributed by atoms with van der Waals surface area (Å²) in [5, 5.41) is 15.3. The minimum absolute atomic E-state index is 0.120. The van der Waals surface area contributed by atoms with Crippen LogP contribution in [0.1, 0.15) is 55.5 Å². The van der Waals surface area contributed by atoms with Gasteiger partial charge in [0.15, 0.2) is 0 Å². The minimum Gasteiger partial charge on any atom is -0.481 e. The fraction of sp³-hybridized carbons (Fsp3) is 0.480. The zero-order valence-corrected chi connectivity index (χ0v) is 19.6. The average molecular weight is 468 g/mol. The van der Waals surface area contributed by atoms with Gasteiger partial charge in [-0.3, -0.25) is 19.4 Å². The van der Waals surface area contributed by atoms with Crippen molar-refractivity contribution < 1.29 is 19.5 Å². The monoisotopic (exact) mass is 467 g/mol. The number of carboxylic acid groups (broad SMARTS) is 1. The summed E-state index contributed by atoms with van der Waals surface area (Å²) in [7, 11) is 0. The molecule has 2 atom stereocenters. The second-order valence-electron chi connectivity index (χ2n) is 8.85. The molecule has 9 nitrogen and oxygen atoms in total. The smallest absolute Gasteiger partial charge is 0.305 e. The number of hydrogen-bond donors (Lipinski definition) is 3. The molecule has 1 aliphatic rings. The van der Waals surface area contributed by atoms with E-state index in [9.17, 15) is 19.5 Å². The lowest BCUT2D eigenvalue weighted by Crippen LogP contribution is -2.39. The van der Waals surface area contributed by atoms with Crippen molar-refractivity contribution in [2.75, 3.05) is 25.0 Å². The number of anilines is 1. The molecular weight excluding hydrogens is 434 g/mol. The number of hydrogen-bond acceptors (Lipinski definition) is 6. The van der Waals surface area contributed by atoms with Crippen LogP contribution in [0.4, 0.5) is 5.82 Å². The minimum atomic E-state index is -1.03. The van der Waals surface area contributed by atoms with Crippen LogP contribution in [-0.2, 0) is 27.2 Å². The van der Waals surface area contributed by atoms with Crippen molar-refractivity contribution in [2.45, 2.75) is 51.5 Å². The van der Waals surface area contributed by atoms with Crippen molar-refractivity contribution >= 4 is 24.1 Å². The van der Waals surface area contributed by atoms with Crippen LogP contribution < -0.4 is 10.6 Å². The van der Waals surface area contributed by atoms with Gasteiger partial charge in [0, 0.05) is 31.2 Å². The lowest BCUT2D eigenvalue weighted by atomic mass is 9.99. The number of aryl methyl sites for hydroxylation is 2. The molecule has 0 aromatic carbocycles. The molecule has 3 heterocycles. The number of carbonyl (C=O) groups excluding carboxylic acids is 2. The topological polar surface area (TPSA) is 125 Å². The maximum Gasteiger partial charge on any atom is 0.305 e. The second kappa shape index (κ2) is 12.7. The molecule has 2 aromatic rings. The molecule has 2 amide bonds. The van der Waals surface area contributed by atoms with E-state index < -0.39 is 17.9 Å². The largest absolute Gasteiger partial charge is 0.481 e. The van der Waals surface area contributed by atoms with Gasteiger partial charge in [-0.2, -0.15) is 0 Å². The zero-order valence-electron chi connectivity index (χ0n) is 19.6.